The van der Waals surface area contributed by atoms with Crippen LogP contribution in [0.3, 0.4) is 0 Å². The lowest BCUT2D eigenvalue weighted by molar-refractivity contribution is -0.121. The second kappa shape index (κ2) is 10.1. The lowest BCUT2D eigenvalue weighted by Crippen LogP contribution is -2.27. The molecule has 0 atom stereocenters. The minimum Gasteiger partial charge on any atom is -0.465 e. The molecule has 2 rings (SSSR count). The highest BCUT2D eigenvalue weighted by molar-refractivity contribution is 5.99. The van der Waals surface area contributed by atoms with Crippen LogP contribution in [0.25, 0.3) is 0 Å². The third-order valence-corrected chi connectivity index (χ3v) is 5.23. The number of amides is 1. The van der Waals surface area contributed by atoms with E-state index in [0.29, 0.717) is 5.69 Å². The van der Waals surface area contributed by atoms with Crippen molar-refractivity contribution in [1.29, 1.82) is 0 Å². The summed E-state index contributed by atoms with van der Waals surface area (Å²) < 4.78 is 9.44. The van der Waals surface area contributed by atoms with Crippen LogP contribution in [0.2, 0.25) is 0 Å². The molecule has 0 bridgehead atoms. The van der Waals surface area contributed by atoms with Crippen molar-refractivity contribution >= 4 is 23.5 Å². The van der Waals surface area contributed by atoms with E-state index in [1.165, 1.54) is 51.7 Å². The van der Waals surface area contributed by atoms with E-state index in [1.54, 1.807) is 0 Å². The maximum atomic E-state index is 12.6. The predicted molar refractivity (Wildman–Crippen MR) is 103 cm³/mol. The molecule has 1 aliphatic carbocycles. The summed E-state index contributed by atoms with van der Waals surface area (Å²) in [5.74, 6) is -0.532. The third kappa shape index (κ3) is 5.81. The van der Waals surface area contributed by atoms with Crippen LogP contribution in [0.4, 0.5) is 5.69 Å². The summed E-state index contributed by atoms with van der Waals surface area (Å²) in [6.07, 6.45) is 7.61. The summed E-state index contributed by atoms with van der Waals surface area (Å²) >= 11 is 0. The van der Waals surface area contributed by atoms with Crippen LogP contribution in [0.5, 0.6) is 0 Å². The van der Waals surface area contributed by atoms with Gasteiger partial charge in [-0.05, 0) is 49.8 Å². The zero-order chi connectivity index (χ0) is 19.8. The summed E-state index contributed by atoms with van der Waals surface area (Å²) in [6.45, 7) is 2.20. The number of anilines is 1. The molecule has 0 aliphatic heterocycles. The van der Waals surface area contributed by atoms with Gasteiger partial charge in [-0.25, -0.2) is 9.59 Å². The molecule has 0 heterocycles. The summed E-state index contributed by atoms with van der Waals surface area (Å²) in [5.41, 5.74) is 0.786. The van der Waals surface area contributed by atoms with Gasteiger partial charge < -0.3 is 14.8 Å². The van der Waals surface area contributed by atoms with Crippen molar-refractivity contribution in [1.82, 2.24) is 0 Å². The number of hydrogen-bond acceptors (Lipinski definition) is 5. The van der Waals surface area contributed by atoms with Gasteiger partial charge in [-0.2, -0.15) is 0 Å². The molecule has 0 radical (unpaired) electrons. The van der Waals surface area contributed by atoms with Crippen molar-refractivity contribution in [3.63, 3.8) is 0 Å². The predicted octanol–water partition coefficient (Wildman–Crippen LogP) is 4.19. The lowest BCUT2D eigenvalue weighted by Gasteiger charge is -2.27. The maximum Gasteiger partial charge on any atom is 0.337 e. The normalized spacial score (nSPS) is 19.2. The van der Waals surface area contributed by atoms with Crippen LogP contribution in [0.15, 0.2) is 18.2 Å². The summed E-state index contributed by atoms with van der Waals surface area (Å²) in [7, 11) is 2.53. The highest BCUT2D eigenvalue weighted by Gasteiger charge is 2.26. The number of hydrogen-bond donors (Lipinski definition) is 1. The fourth-order valence-corrected chi connectivity index (χ4v) is 3.62. The number of rotatable bonds is 7. The van der Waals surface area contributed by atoms with Crippen molar-refractivity contribution in [2.24, 2.45) is 11.8 Å². The topological polar surface area (TPSA) is 81.7 Å². The highest BCUT2D eigenvalue weighted by atomic mass is 16.5. The van der Waals surface area contributed by atoms with Gasteiger partial charge in [0.05, 0.1) is 25.3 Å². The molecule has 0 spiro atoms. The number of nitrogens with one attached hydrogen (secondary N) is 1. The Hall–Kier alpha value is -2.37. The molecular formula is C21H29NO5. The summed E-state index contributed by atoms with van der Waals surface area (Å²) in [6, 6.07) is 4.43. The summed E-state index contributed by atoms with van der Waals surface area (Å²) in [4.78, 5) is 36.3. The van der Waals surface area contributed by atoms with E-state index in [1.807, 2.05) is 0 Å². The monoisotopic (exact) mass is 375 g/mol. The molecule has 1 aliphatic rings. The second-order valence-corrected chi connectivity index (χ2v) is 7.13. The van der Waals surface area contributed by atoms with Crippen LogP contribution in [0.1, 0.15) is 72.6 Å². The molecule has 0 aromatic heterocycles. The Morgan fingerprint density at radius 2 is 1.52 bits per heavy atom. The standard InChI is InChI=1S/C21H29NO5/c1-4-5-6-14-7-9-15(10-8-14)19(23)22-18-12-16(20(24)26-2)11-17(13-18)21(25)27-3/h11-15H,4-10H2,1-3H3,(H,22,23). The molecule has 6 nitrogen and oxygen atoms in total. The van der Waals surface area contributed by atoms with Crippen LogP contribution in [0, 0.1) is 11.8 Å². The minimum atomic E-state index is -0.576. The third-order valence-electron chi connectivity index (χ3n) is 5.23. The van der Waals surface area contributed by atoms with Crippen molar-refractivity contribution in [3.05, 3.63) is 29.3 Å². The molecule has 0 unspecified atom stereocenters. The maximum absolute atomic E-state index is 12.6. The number of methoxy groups -OCH3 is 2. The molecule has 1 fully saturated rings. The SMILES string of the molecule is CCCCC1CCC(C(=O)Nc2cc(C(=O)OC)cc(C(=O)OC)c2)CC1. The molecule has 148 valence electrons. The lowest BCUT2D eigenvalue weighted by atomic mass is 9.79. The van der Waals surface area contributed by atoms with Crippen molar-refractivity contribution in [2.45, 2.75) is 51.9 Å². The zero-order valence-electron chi connectivity index (χ0n) is 16.4. The number of ether oxygens (including phenoxy) is 2. The average Bonchev–Trinajstić information content (AvgIpc) is 2.70. The minimum absolute atomic E-state index is 0.0359. The van der Waals surface area contributed by atoms with Gasteiger partial charge in [0.1, 0.15) is 0 Å². The van der Waals surface area contributed by atoms with Gasteiger partial charge in [0.15, 0.2) is 0 Å². The first-order valence-electron chi connectivity index (χ1n) is 9.61. The van der Waals surface area contributed by atoms with Gasteiger partial charge in [0.2, 0.25) is 5.91 Å². The van der Waals surface area contributed by atoms with Crippen molar-refractivity contribution in [2.75, 3.05) is 19.5 Å². The second-order valence-electron chi connectivity index (χ2n) is 7.13. The van der Waals surface area contributed by atoms with Crippen molar-refractivity contribution < 1.29 is 23.9 Å². The van der Waals surface area contributed by atoms with E-state index in [2.05, 4.69) is 12.2 Å². The molecule has 6 heteroatoms. The van der Waals surface area contributed by atoms with Crippen LogP contribution in [-0.4, -0.2) is 32.1 Å². The smallest absolute Gasteiger partial charge is 0.337 e. The van der Waals surface area contributed by atoms with E-state index in [9.17, 15) is 14.4 Å². The first-order chi connectivity index (χ1) is 13.0. The molecule has 0 saturated heterocycles. The van der Waals surface area contributed by atoms with E-state index < -0.39 is 11.9 Å². The number of carbonyl (C=O) groups excluding carboxylic acids is 3. The van der Waals surface area contributed by atoms with Gasteiger partial charge in [0.25, 0.3) is 0 Å². The zero-order valence-corrected chi connectivity index (χ0v) is 16.4. The largest absolute Gasteiger partial charge is 0.465 e. The Morgan fingerprint density at radius 3 is 2.00 bits per heavy atom. The average molecular weight is 375 g/mol. The fourth-order valence-electron chi connectivity index (χ4n) is 3.62. The number of carbonyl (C=O) groups is 3. The Balaban J connectivity index is 2.06. The van der Waals surface area contributed by atoms with E-state index in [-0.39, 0.29) is 23.0 Å². The Morgan fingerprint density at radius 1 is 0.963 bits per heavy atom. The van der Waals surface area contributed by atoms with Gasteiger partial charge in [0, 0.05) is 11.6 Å². The summed E-state index contributed by atoms with van der Waals surface area (Å²) in [5, 5.41) is 2.85. The van der Waals surface area contributed by atoms with Crippen molar-refractivity contribution in [3.8, 4) is 0 Å². The van der Waals surface area contributed by atoms with Crippen LogP contribution < -0.4 is 5.32 Å². The fraction of sp³-hybridized carbons (Fsp3) is 0.571. The van der Waals surface area contributed by atoms with E-state index in [4.69, 9.17) is 9.47 Å². The first-order valence-corrected chi connectivity index (χ1v) is 9.61. The first kappa shape index (κ1) is 20.9. The van der Waals surface area contributed by atoms with Gasteiger partial charge in [-0.15, -0.1) is 0 Å². The highest BCUT2D eigenvalue weighted by Crippen LogP contribution is 2.32. The quantitative estimate of drug-likeness (QED) is 0.723. The van der Waals surface area contributed by atoms with Crippen LogP contribution in [-0.2, 0) is 14.3 Å². The molecule has 1 aromatic rings. The molecule has 27 heavy (non-hydrogen) atoms. The molecule has 1 saturated carbocycles. The van der Waals surface area contributed by atoms with E-state index >= 15 is 0 Å². The molecule has 1 aromatic carbocycles. The molecule has 1 amide bonds. The Bertz CT molecular complexity index is 643. The number of benzene rings is 1. The molecular weight excluding hydrogens is 346 g/mol. The van der Waals surface area contributed by atoms with Gasteiger partial charge in [-0.1, -0.05) is 26.2 Å². The number of unbranched alkanes of at least 4 members (excludes halogenated alkanes) is 1. The number of esters is 2. The van der Waals surface area contributed by atoms with Gasteiger partial charge in [-0.3, -0.25) is 4.79 Å². The Labute approximate surface area is 160 Å². The molecule has 1 N–H and O–H groups in total. The Kier molecular flexibility index (Phi) is 7.82. The van der Waals surface area contributed by atoms with Gasteiger partial charge >= 0.3 is 11.9 Å². The van der Waals surface area contributed by atoms with Crippen LogP contribution >= 0.6 is 0 Å². The van der Waals surface area contributed by atoms with E-state index in [0.717, 1.165) is 31.6 Å².